The van der Waals surface area contributed by atoms with E-state index in [1.807, 2.05) is 24.3 Å². The second-order valence-electron chi connectivity index (χ2n) is 4.31. The van der Waals surface area contributed by atoms with Gasteiger partial charge in [0, 0.05) is 5.02 Å². The van der Waals surface area contributed by atoms with Gasteiger partial charge >= 0.3 is 0 Å². The van der Waals surface area contributed by atoms with Crippen molar-refractivity contribution in [3.8, 4) is 11.5 Å². The molecule has 0 saturated carbocycles. The third kappa shape index (κ3) is 4.19. The average molecular weight is 371 g/mol. The van der Waals surface area contributed by atoms with Crippen LogP contribution in [0.3, 0.4) is 0 Å². The molecule has 0 aliphatic carbocycles. The lowest BCUT2D eigenvalue weighted by atomic mass is 10.2. The Hall–Kier alpha value is -1.59. The van der Waals surface area contributed by atoms with Crippen LogP contribution in [0.15, 0.2) is 46.0 Å². The second-order valence-corrected chi connectivity index (χ2v) is 5.61. The minimum Gasteiger partial charge on any atom is -0.493 e. The molecule has 0 N–H and O–H groups in total. The smallest absolute Gasteiger partial charge is 0.175 e. The molecule has 0 aliphatic heterocycles. The molecule has 0 aliphatic rings. The lowest BCUT2D eigenvalue weighted by Crippen LogP contribution is -1.99. The molecule has 0 saturated heterocycles. The summed E-state index contributed by atoms with van der Waals surface area (Å²) in [5.74, 6) is 1.12. The van der Waals surface area contributed by atoms with Gasteiger partial charge in [0.1, 0.15) is 13.2 Å². The summed E-state index contributed by atoms with van der Waals surface area (Å²) in [4.78, 5) is 10.4. The molecule has 110 valence electrons. The van der Waals surface area contributed by atoms with E-state index in [2.05, 4.69) is 21.1 Å². The average Bonchev–Trinajstić information content (AvgIpc) is 2.46. The van der Waals surface area contributed by atoms with Gasteiger partial charge in [0.05, 0.1) is 11.6 Å². The van der Waals surface area contributed by atoms with Gasteiger partial charge in [-0.25, -0.2) is 0 Å². The largest absolute Gasteiger partial charge is 0.493 e. The number of ether oxygens (including phenoxy) is 2. The van der Waals surface area contributed by atoms with Crippen LogP contribution in [0.25, 0.3) is 0 Å². The topological polar surface area (TPSA) is 47.9 Å². The zero-order chi connectivity index (χ0) is 15.2. The standard InChI is InChI=1S/C15H13BrClNO3/c1-20-14-7-11(8-18-19)6-13(16)15(14)21-9-10-3-2-4-12(17)5-10/h2-7H,8-9H2,1H3. The SMILES string of the molecule is COc1cc(CN=O)cc(Br)c1OCc1cccc(Cl)c1. The quantitative estimate of drug-likeness (QED) is 0.675. The number of halogens is 2. The minimum absolute atomic E-state index is 0.0868. The number of nitrogens with zero attached hydrogens (tertiary/aromatic N) is 1. The predicted octanol–water partition coefficient (Wildman–Crippen LogP) is 4.96. The fraction of sp³-hybridized carbons (Fsp3) is 0.200. The van der Waals surface area contributed by atoms with Crippen molar-refractivity contribution in [2.45, 2.75) is 13.2 Å². The molecule has 2 aromatic carbocycles. The van der Waals surface area contributed by atoms with Crippen molar-refractivity contribution in [1.29, 1.82) is 0 Å². The lowest BCUT2D eigenvalue weighted by Gasteiger charge is -2.14. The summed E-state index contributed by atoms with van der Waals surface area (Å²) in [6, 6.07) is 11.0. The van der Waals surface area contributed by atoms with E-state index in [0.717, 1.165) is 11.1 Å². The monoisotopic (exact) mass is 369 g/mol. The molecule has 4 nitrogen and oxygen atoms in total. The van der Waals surface area contributed by atoms with Crippen molar-refractivity contribution in [3.05, 3.63) is 61.9 Å². The predicted molar refractivity (Wildman–Crippen MR) is 86.0 cm³/mol. The summed E-state index contributed by atoms with van der Waals surface area (Å²) >= 11 is 9.36. The molecule has 0 bridgehead atoms. The van der Waals surface area contributed by atoms with E-state index in [1.54, 1.807) is 19.2 Å². The maximum absolute atomic E-state index is 10.4. The van der Waals surface area contributed by atoms with Crippen LogP contribution in [0, 0.1) is 4.91 Å². The van der Waals surface area contributed by atoms with Gasteiger partial charge in [-0.15, -0.1) is 0 Å². The molecule has 6 heteroatoms. The van der Waals surface area contributed by atoms with E-state index in [1.165, 1.54) is 0 Å². The second kappa shape index (κ2) is 7.43. The fourth-order valence-electron chi connectivity index (χ4n) is 1.86. The molecule has 0 amide bonds. The van der Waals surface area contributed by atoms with Gasteiger partial charge in [-0.2, -0.15) is 4.91 Å². The number of benzene rings is 2. The summed E-state index contributed by atoms with van der Waals surface area (Å²) in [6.45, 7) is 0.449. The van der Waals surface area contributed by atoms with Crippen molar-refractivity contribution in [2.75, 3.05) is 7.11 Å². The molecule has 0 unspecified atom stereocenters. The van der Waals surface area contributed by atoms with Gasteiger partial charge in [0.2, 0.25) is 0 Å². The first-order valence-corrected chi connectivity index (χ1v) is 7.34. The van der Waals surface area contributed by atoms with E-state index in [0.29, 0.717) is 27.6 Å². The maximum atomic E-state index is 10.4. The van der Waals surface area contributed by atoms with Crippen LogP contribution in [0.4, 0.5) is 0 Å². The lowest BCUT2D eigenvalue weighted by molar-refractivity contribution is 0.282. The van der Waals surface area contributed by atoms with Crippen LogP contribution < -0.4 is 9.47 Å². The Morgan fingerprint density at radius 2 is 2.05 bits per heavy atom. The van der Waals surface area contributed by atoms with Crippen LogP contribution >= 0.6 is 27.5 Å². The molecule has 0 aromatic heterocycles. The molecule has 0 fully saturated rings. The Morgan fingerprint density at radius 3 is 2.71 bits per heavy atom. The van der Waals surface area contributed by atoms with Gasteiger partial charge in [-0.05, 0) is 51.3 Å². The van der Waals surface area contributed by atoms with Gasteiger partial charge in [-0.1, -0.05) is 28.9 Å². The normalized spacial score (nSPS) is 10.2. The number of nitroso groups, excluding NO2 is 1. The van der Waals surface area contributed by atoms with Crippen molar-refractivity contribution in [1.82, 2.24) is 0 Å². The van der Waals surface area contributed by atoms with E-state index in [4.69, 9.17) is 21.1 Å². The van der Waals surface area contributed by atoms with Gasteiger partial charge in [0.15, 0.2) is 11.5 Å². The first-order chi connectivity index (χ1) is 10.1. The van der Waals surface area contributed by atoms with Gasteiger partial charge in [0.25, 0.3) is 0 Å². The third-order valence-electron chi connectivity index (χ3n) is 2.81. The van der Waals surface area contributed by atoms with Crippen LogP contribution in [-0.4, -0.2) is 7.11 Å². The molecule has 2 aromatic rings. The summed E-state index contributed by atoms with van der Waals surface area (Å²) in [5.41, 5.74) is 1.71. The van der Waals surface area contributed by atoms with Crippen molar-refractivity contribution in [2.24, 2.45) is 5.18 Å². The van der Waals surface area contributed by atoms with E-state index in [9.17, 15) is 4.91 Å². The van der Waals surface area contributed by atoms with Crippen LogP contribution in [0.5, 0.6) is 11.5 Å². The van der Waals surface area contributed by atoms with Crippen molar-refractivity contribution in [3.63, 3.8) is 0 Å². The van der Waals surface area contributed by atoms with Crippen molar-refractivity contribution >= 4 is 27.5 Å². The van der Waals surface area contributed by atoms with Crippen molar-refractivity contribution < 1.29 is 9.47 Å². The molecule has 0 heterocycles. The highest BCUT2D eigenvalue weighted by atomic mass is 79.9. The van der Waals surface area contributed by atoms with E-state index in [-0.39, 0.29) is 6.54 Å². The number of hydrogen-bond acceptors (Lipinski definition) is 4. The van der Waals surface area contributed by atoms with E-state index < -0.39 is 0 Å². The Balaban J connectivity index is 2.21. The molecule has 0 spiro atoms. The number of hydrogen-bond donors (Lipinski definition) is 0. The number of rotatable bonds is 6. The number of methoxy groups -OCH3 is 1. The summed E-state index contributed by atoms with van der Waals surface area (Å²) in [5, 5.41) is 3.54. The first kappa shape index (κ1) is 15.8. The zero-order valence-corrected chi connectivity index (χ0v) is 13.6. The minimum atomic E-state index is 0.0868. The van der Waals surface area contributed by atoms with Crippen LogP contribution in [-0.2, 0) is 13.2 Å². The summed E-state index contributed by atoms with van der Waals surface area (Å²) in [7, 11) is 1.55. The van der Waals surface area contributed by atoms with Crippen LogP contribution in [0.1, 0.15) is 11.1 Å². The first-order valence-electron chi connectivity index (χ1n) is 6.17. The van der Waals surface area contributed by atoms with E-state index >= 15 is 0 Å². The molecule has 0 atom stereocenters. The Kier molecular flexibility index (Phi) is 5.59. The highest BCUT2D eigenvalue weighted by Crippen LogP contribution is 2.37. The molecule has 0 radical (unpaired) electrons. The summed E-state index contributed by atoms with van der Waals surface area (Å²) < 4.78 is 11.8. The molecular formula is C15H13BrClNO3. The molecule has 2 rings (SSSR count). The van der Waals surface area contributed by atoms with Gasteiger partial charge in [-0.3, -0.25) is 0 Å². The highest BCUT2D eigenvalue weighted by molar-refractivity contribution is 9.10. The highest BCUT2D eigenvalue weighted by Gasteiger charge is 2.12. The zero-order valence-electron chi connectivity index (χ0n) is 11.3. The molecule has 21 heavy (non-hydrogen) atoms. The third-order valence-corrected chi connectivity index (χ3v) is 3.63. The maximum Gasteiger partial charge on any atom is 0.175 e. The van der Waals surface area contributed by atoms with Crippen LogP contribution in [0.2, 0.25) is 5.02 Å². The summed E-state index contributed by atoms with van der Waals surface area (Å²) in [6.07, 6.45) is 0. The Labute approximate surface area is 136 Å². The Bertz CT molecular complexity index is 649. The molecular weight excluding hydrogens is 358 g/mol. The van der Waals surface area contributed by atoms with Gasteiger partial charge < -0.3 is 9.47 Å². The Morgan fingerprint density at radius 1 is 1.24 bits per heavy atom. The fourth-order valence-corrected chi connectivity index (χ4v) is 2.68.